The van der Waals surface area contributed by atoms with Crippen LogP contribution < -0.4 is 4.76 Å². The molecule has 0 heterocycles. The van der Waals surface area contributed by atoms with E-state index in [-0.39, 0.29) is 0 Å². The van der Waals surface area contributed by atoms with Crippen molar-refractivity contribution < 1.29 is 0 Å². The first-order chi connectivity index (χ1) is 4.45. The summed E-state index contributed by atoms with van der Waals surface area (Å²) in [6, 6.07) is 0. The van der Waals surface area contributed by atoms with Crippen LogP contribution in [-0.2, 0) is 0 Å². The molecule has 48 valence electrons. The van der Waals surface area contributed by atoms with Crippen molar-refractivity contribution in [1.82, 2.24) is 0 Å². The molecule has 0 aliphatic heterocycles. The van der Waals surface area contributed by atoms with E-state index in [1.165, 1.54) is 17.6 Å². The van der Waals surface area contributed by atoms with E-state index in [1.54, 1.807) is 0 Å². The molecule has 0 aromatic rings. The Morgan fingerprint density at radius 3 is 1.67 bits per heavy atom. The van der Waals surface area contributed by atoms with Gasteiger partial charge in [-0.3, -0.25) is 4.76 Å². The van der Waals surface area contributed by atoms with Gasteiger partial charge in [0.05, 0.1) is 0 Å². The van der Waals surface area contributed by atoms with Crippen LogP contribution in [0.15, 0.2) is 35.5 Å². The van der Waals surface area contributed by atoms with Crippen LogP contribution in [0.5, 0.6) is 0 Å². The molecular formula is C7H8BrN. The summed E-state index contributed by atoms with van der Waals surface area (Å²) < 4.78 is 4.31. The predicted molar refractivity (Wildman–Crippen MR) is 43.0 cm³/mol. The van der Waals surface area contributed by atoms with Crippen LogP contribution in [0.4, 0.5) is 0 Å². The van der Waals surface area contributed by atoms with Crippen LogP contribution in [0.25, 0.3) is 0 Å². The monoisotopic (exact) mass is 185 g/mol. The van der Waals surface area contributed by atoms with E-state index in [0.717, 1.165) is 0 Å². The Balaban J connectivity index is 0.000000186. The van der Waals surface area contributed by atoms with Crippen LogP contribution in [0, 0.1) is 0 Å². The Morgan fingerprint density at radius 1 is 1.11 bits per heavy atom. The van der Waals surface area contributed by atoms with Gasteiger partial charge in [0, 0.05) is 16.1 Å². The highest BCUT2D eigenvalue weighted by atomic mass is 79.9. The van der Waals surface area contributed by atoms with Gasteiger partial charge in [0.1, 0.15) is 0 Å². The summed E-state index contributed by atoms with van der Waals surface area (Å²) in [6.07, 6.45) is 9.90. The summed E-state index contributed by atoms with van der Waals surface area (Å²) in [4.78, 5) is 0. The van der Waals surface area contributed by atoms with Crippen LogP contribution >= 0.6 is 16.1 Å². The summed E-state index contributed by atoms with van der Waals surface area (Å²) in [5.41, 5.74) is 2.94. The van der Waals surface area contributed by atoms with Gasteiger partial charge in [0.15, 0.2) is 0 Å². The molecule has 0 spiro atoms. The maximum atomic E-state index is 4.31. The highest BCUT2D eigenvalue weighted by Crippen LogP contribution is 2.27. The fourth-order valence-electron chi connectivity index (χ4n) is 1.01. The predicted octanol–water partition coefficient (Wildman–Crippen LogP) is 2.07. The number of allylic oxidation sites excluding steroid dienone is 6. The van der Waals surface area contributed by atoms with Gasteiger partial charge < -0.3 is 0 Å². The summed E-state index contributed by atoms with van der Waals surface area (Å²) >= 11 is 2.44. The number of nitrogens with two attached hydrogens (primary N) is 1. The SMILES string of the molecule is C1=CC2=CC=C1C2.NBr. The number of rotatable bonds is 0. The first-order valence-electron chi connectivity index (χ1n) is 2.75. The lowest BCUT2D eigenvalue weighted by atomic mass is 10.3. The molecular weight excluding hydrogens is 178 g/mol. The van der Waals surface area contributed by atoms with Gasteiger partial charge >= 0.3 is 0 Å². The third-order valence-corrected chi connectivity index (χ3v) is 1.43. The molecule has 0 saturated carbocycles. The molecule has 0 aromatic carbocycles. The average Bonchev–Trinajstić information content (AvgIpc) is 2.53. The van der Waals surface area contributed by atoms with Crippen molar-refractivity contribution in [2.75, 3.05) is 0 Å². The molecule has 1 nitrogen and oxygen atoms in total. The highest BCUT2D eigenvalue weighted by Gasteiger charge is 2.07. The minimum absolute atomic E-state index is 1.19. The Hall–Kier alpha value is -0.340. The summed E-state index contributed by atoms with van der Waals surface area (Å²) in [5, 5.41) is 0. The number of hydrogen-bond donors (Lipinski definition) is 1. The second-order valence-electron chi connectivity index (χ2n) is 1.99. The molecule has 0 radical (unpaired) electrons. The van der Waals surface area contributed by atoms with Crippen molar-refractivity contribution in [1.29, 1.82) is 0 Å². The molecule has 2 aliphatic carbocycles. The third kappa shape index (κ3) is 1.32. The minimum Gasteiger partial charge on any atom is -0.270 e. The molecule has 0 fully saturated rings. The normalized spacial score (nSPS) is 18.4. The van der Waals surface area contributed by atoms with Crippen molar-refractivity contribution in [3.8, 4) is 0 Å². The molecule has 2 rings (SSSR count). The fraction of sp³-hybridized carbons (Fsp3) is 0.143. The third-order valence-electron chi connectivity index (χ3n) is 1.43. The van der Waals surface area contributed by atoms with Crippen LogP contribution in [0.3, 0.4) is 0 Å². The second-order valence-corrected chi connectivity index (χ2v) is 1.99. The van der Waals surface area contributed by atoms with Gasteiger partial charge in [-0.1, -0.05) is 24.3 Å². The molecule has 2 heteroatoms. The van der Waals surface area contributed by atoms with Crippen molar-refractivity contribution in [3.05, 3.63) is 35.5 Å². The molecule has 2 bridgehead atoms. The van der Waals surface area contributed by atoms with Gasteiger partial charge in [-0.25, -0.2) is 0 Å². The highest BCUT2D eigenvalue weighted by molar-refractivity contribution is 9.07. The maximum absolute atomic E-state index is 4.31. The van der Waals surface area contributed by atoms with E-state index in [0.29, 0.717) is 0 Å². The number of fused-ring (bicyclic) bond motifs is 2. The first kappa shape index (κ1) is 6.78. The zero-order valence-electron chi connectivity index (χ0n) is 4.97. The van der Waals surface area contributed by atoms with Crippen molar-refractivity contribution >= 4 is 16.1 Å². The van der Waals surface area contributed by atoms with E-state index < -0.39 is 0 Å². The number of halogens is 1. The van der Waals surface area contributed by atoms with Crippen LogP contribution in [0.2, 0.25) is 0 Å². The molecule has 0 unspecified atom stereocenters. The van der Waals surface area contributed by atoms with Gasteiger partial charge in [-0.05, 0) is 17.6 Å². The van der Waals surface area contributed by atoms with Gasteiger partial charge in [-0.2, -0.15) is 0 Å². The zero-order valence-corrected chi connectivity index (χ0v) is 6.56. The lowest BCUT2D eigenvalue weighted by Gasteiger charge is -1.77. The summed E-state index contributed by atoms with van der Waals surface area (Å²) in [6.45, 7) is 0. The second kappa shape index (κ2) is 2.99. The molecule has 0 aromatic heterocycles. The first-order valence-corrected chi connectivity index (χ1v) is 3.66. The van der Waals surface area contributed by atoms with E-state index in [4.69, 9.17) is 0 Å². The summed E-state index contributed by atoms with van der Waals surface area (Å²) in [7, 11) is 0. The van der Waals surface area contributed by atoms with Crippen LogP contribution in [0.1, 0.15) is 6.42 Å². The van der Waals surface area contributed by atoms with Gasteiger partial charge in [0.25, 0.3) is 0 Å². The fourth-order valence-corrected chi connectivity index (χ4v) is 1.01. The topological polar surface area (TPSA) is 26.0 Å². The summed E-state index contributed by atoms with van der Waals surface area (Å²) in [5.74, 6) is 0. The Labute approximate surface area is 63.3 Å². The Kier molecular flexibility index (Phi) is 2.25. The zero-order chi connectivity index (χ0) is 6.69. The van der Waals surface area contributed by atoms with Gasteiger partial charge in [-0.15, -0.1) is 0 Å². The Bertz CT molecular complexity index is 169. The quantitative estimate of drug-likeness (QED) is 0.575. The minimum atomic E-state index is 1.19. The Morgan fingerprint density at radius 2 is 1.56 bits per heavy atom. The van der Waals surface area contributed by atoms with E-state index in [1.807, 2.05) is 0 Å². The van der Waals surface area contributed by atoms with Crippen molar-refractivity contribution in [3.63, 3.8) is 0 Å². The van der Waals surface area contributed by atoms with E-state index >= 15 is 0 Å². The largest absolute Gasteiger partial charge is 0.270 e. The standard InChI is InChI=1S/C7H6.BrH2N/c1-2-7-4-3-6(1)5-7;1-2/h1-4H,5H2;2H2. The van der Waals surface area contributed by atoms with Gasteiger partial charge in [0.2, 0.25) is 0 Å². The lowest BCUT2D eigenvalue weighted by molar-refractivity contribution is 1.32. The smallest absolute Gasteiger partial charge is 0.00554 e. The molecule has 2 N–H and O–H groups in total. The molecule has 0 atom stereocenters. The van der Waals surface area contributed by atoms with Crippen LogP contribution in [-0.4, -0.2) is 0 Å². The molecule has 9 heavy (non-hydrogen) atoms. The van der Waals surface area contributed by atoms with E-state index in [2.05, 4.69) is 45.2 Å². The van der Waals surface area contributed by atoms with E-state index in [9.17, 15) is 0 Å². The van der Waals surface area contributed by atoms with Crippen molar-refractivity contribution in [2.45, 2.75) is 6.42 Å². The molecule has 0 saturated heterocycles. The molecule has 2 aliphatic rings. The van der Waals surface area contributed by atoms with Crippen molar-refractivity contribution in [2.24, 2.45) is 4.76 Å². The maximum Gasteiger partial charge on any atom is 0.00554 e. The average molecular weight is 186 g/mol. The lowest BCUT2D eigenvalue weighted by Crippen LogP contribution is -1.59. The number of hydrogen-bond acceptors (Lipinski definition) is 1. The molecule has 0 amide bonds.